The van der Waals surface area contributed by atoms with Crippen LogP contribution in [0.1, 0.15) is 41.4 Å². The van der Waals surface area contributed by atoms with Gasteiger partial charge in [0, 0.05) is 44.9 Å². The summed E-state index contributed by atoms with van der Waals surface area (Å²) in [6.45, 7) is 3.05. The van der Waals surface area contributed by atoms with Gasteiger partial charge in [-0.25, -0.2) is 14.8 Å². The van der Waals surface area contributed by atoms with Gasteiger partial charge in [-0.1, -0.05) is 0 Å². The van der Waals surface area contributed by atoms with Gasteiger partial charge in [0.15, 0.2) is 5.69 Å². The number of carboxylic acid groups (broad SMARTS) is 1. The molecule has 0 aromatic carbocycles. The highest BCUT2D eigenvalue weighted by Crippen LogP contribution is 2.34. The molecule has 2 aliphatic rings. The molecule has 1 saturated heterocycles. The van der Waals surface area contributed by atoms with Crippen molar-refractivity contribution in [3.63, 3.8) is 0 Å². The lowest BCUT2D eigenvalue weighted by molar-refractivity contribution is -0.129. The van der Waals surface area contributed by atoms with E-state index in [0.717, 1.165) is 48.4 Å². The number of piperidine rings is 1. The third kappa shape index (κ3) is 3.13. The van der Waals surface area contributed by atoms with Crippen molar-refractivity contribution in [1.29, 1.82) is 0 Å². The fraction of sp³-hybridized carbons (Fsp3) is 0.500. The monoisotopic (exact) mass is 370 g/mol. The molecule has 0 radical (unpaired) electrons. The Balaban J connectivity index is 1.58. The Morgan fingerprint density at radius 1 is 1.26 bits per heavy atom. The standard InChI is InChI=1S/C18H22N6O3/c1-10(25)24-7-5-12(6-8-24)20-18-19-9-11-3-4-13-15(17(26)27)22-23(2)16(13)14(11)21-18/h9,12H,3-8H2,1-2H3,(H,26,27)(H,19,20,21). The normalized spacial score (nSPS) is 16.6. The number of likely N-dealkylation sites (tertiary alicyclic amines) is 1. The fourth-order valence-corrected chi connectivity index (χ4v) is 3.92. The largest absolute Gasteiger partial charge is 0.476 e. The van der Waals surface area contributed by atoms with E-state index >= 15 is 0 Å². The Labute approximate surface area is 156 Å². The lowest BCUT2D eigenvalue weighted by atomic mass is 9.93. The molecule has 4 rings (SSSR count). The lowest BCUT2D eigenvalue weighted by Crippen LogP contribution is -2.41. The summed E-state index contributed by atoms with van der Waals surface area (Å²) in [5.41, 5.74) is 3.34. The summed E-state index contributed by atoms with van der Waals surface area (Å²) in [6.07, 6.45) is 4.83. The van der Waals surface area contributed by atoms with Gasteiger partial charge in [0.05, 0.1) is 11.4 Å². The summed E-state index contributed by atoms with van der Waals surface area (Å²) >= 11 is 0. The van der Waals surface area contributed by atoms with Crippen molar-refractivity contribution in [2.45, 2.75) is 38.6 Å². The molecule has 27 heavy (non-hydrogen) atoms. The molecule has 1 amide bonds. The minimum absolute atomic E-state index is 0.0999. The SMILES string of the molecule is CC(=O)N1CCC(Nc2ncc3c(n2)-c2c(c(C(=O)O)nn2C)CC3)CC1. The molecule has 1 fully saturated rings. The lowest BCUT2D eigenvalue weighted by Gasteiger charge is -2.31. The van der Waals surface area contributed by atoms with Crippen LogP contribution < -0.4 is 5.32 Å². The van der Waals surface area contributed by atoms with Gasteiger partial charge in [-0.3, -0.25) is 9.48 Å². The number of aryl methyl sites for hydroxylation is 2. The van der Waals surface area contributed by atoms with Gasteiger partial charge < -0.3 is 15.3 Å². The van der Waals surface area contributed by atoms with Crippen LogP contribution in [0.3, 0.4) is 0 Å². The average Bonchev–Trinajstić information content (AvgIpc) is 2.99. The number of anilines is 1. The molecule has 1 aliphatic carbocycles. The maximum absolute atomic E-state index is 11.5. The topological polar surface area (TPSA) is 113 Å². The minimum Gasteiger partial charge on any atom is -0.476 e. The van der Waals surface area contributed by atoms with Crippen LogP contribution in [0.15, 0.2) is 6.20 Å². The van der Waals surface area contributed by atoms with E-state index in [1.165, 1.54) is 0 Å². The smallest absolute Gasteiger partial charge is 0.356 e. The van der Waals surface area contributed by atoms with Crippen molar-refractivity contribution in [3.05, 3.63) is 23.0 Å². The summed E-state index contributed by atoms with van der Waals surface area (Å²) in [7, 11) is 1.74. The number of nitrogens with zero attached hydrogens (tertiary/aromatic N) is 5. The van der Waals surface area contributed by atoms with Crippen LogP contribution in [-0.4, -0.2) is 60.8 Å². The molecule has 2 aromatic heterocycles. The number of nitrogens with one attached hydrogen (secondary N) is 1. The number of aromatic carboxylic acids is 1. The van der Waals surface area contributed by atoms with Crippen molar-refractivity contribution in [3.8, 4) is 11.4 Å². The molecule has 0 saturated carbocycles. The van der Waals surface area contributed by atoms with E-state index < -0.39 is 5.97 Å². The molecule has 0 atom stereocenters. The van der Waals surface area contributed by atoms with Crippen LogP contribution in [0, 0.1) is 0 Å². The molecule has 3 heterocycles. The maximum atomic E-state index is 11.5. The molecule has 0 unspecified atom stereocenters. The highest BCUT2D eigenvalue weighted by molar-refractivity contribution is 5.90. The van der Waals surface area contributed by atoms with E-state index in [2.05, 4.69) is 20.4 Å². The molecular weight excluding hydrogens is 348 g/mol. The zero-order valence-electron chi connectivity index (χ0n) is 15.4. The average molecular weight is 370 g/mol. The van der Waals surface area contributed by atoms with Crippen molar-refractivity contribution in [2.24, 2.45) is 7.05 Å². The number of fused-ring (bicyclic) bond motifs is 3. The summed E-state index contributed by atoms with van der Waals surface area (Å²) in [6, 6.07) is 0.211. The Hall–Kier alpha value is -2.97. The van der Waals surface area contributed by atoms with Gasteiger partial charge in [0.1, 0.15) is 0 Å². The third-order valence-corrected chi connectivity index (χ3v) is 5.35. The number of hydrogen-bond acceptors (Lipinski definition) is 6. The second-order valence-electron chi connectivity index (χ2n) is 7.10. The van der Waals surface area contributed by atoms with Crippen LogP contribution in [0.25, 0.3) is 11.4 Å². The maximum Gasteiger partial charge on any atom is 0.356 e. The molecule has 0 spiro atoms. The Kier molecular flexibility index (Phi) is 4.29. The molecule has 9 nitrogen and oxygen atoms in total. The van der Waals surface area contributed by atoms with Crippen molar-refractivity contribution < 1.29 is 14.7 Å². The first-order valence-corrected chi connectivity index (χ1v) is 9.11. The zero-order chi connectivity index (χ0) is 19.1. The Morgan fingerprint density at radius 3 is 2.67 bits per heavy atom. The molecule has 142 valence electrons. The second kappa shape index (κ2) is 6.64. The Bertz CT molecular complexity index is 914. The highest BCUT2D eigenvalue weighted by atomic mass is 16.4. The number of carbonyl (C=O) groups excluding carboxylic acids is 1. The van der Waals surface area contributed by atoms with Crippen LogP contribution in [0.5, 0.6) is 0 Å². The van der Waals surface area contributed by atoms with Gasteiger partial charge in [-0.2, -0.15) is 5.10 Å². The number of carbonyl (C=O) groups is 2. The van der Waals surface area contributed by atoms with Crippen molar-refractivity contribution in [1.82, 2.24) is 24.6 Å². The van der Waals surface area contributed by atoms with Gasteiger partial charge in [-0.15, -0.1) is 0 Å². The first-order valence-electron chi connectivity index (χ1n) is 9.11. The van der Waals surface area contributed by atoms with Crippen molar-refractivity contribution >= 4 is 17.8 Å². The van der Waals surface area contributed by atoms with Crippen LogP contribution in [0.2, 0.25) is 0 Å². The quantitative estimate of drug-likeness (QED) is 0.831. The van der Waals surface area contributed by atoms with E-state index in [-0.39, 0.29) is 17.6 Å². The van der Waals surface area contributed by atoms with E-state index in [9.17, 15) is 14.7 Å². The highest BCUT2D eigenvalue weighted by Gasteiger charge is 2.29. The molecule has 2 N–H and O–H groups in total. The van der Waals surface area contributed by atoms with Crippen LogP contribution in [0.4, 0.5) is 5.95 Å². The van der Waals surface area contributed by atoms with E-state index in [4.69, 9.17) is 0 Å². The van der Waals surface area contributed by atoms with Crippen LogP contribution >= 0.6 is 0 Å². The van der Waals surface area contributed by atoms with Gasteiger partial charge in [0.25, 0.3) is 0 Å². The predicted octanol–water partition coefficient (Wildman–Crippen LogP) is 1.10. The predicted molar refractivity (Wildman–Crippen MR) is 97.5 cm³/mol. The molecule has 9 heteroatoms. The number of aromatic nitrogens is 4. The van der Waals surface area contributed by atoms with Gasteiger partial charge in [0.2, 0.25) is 11.9 Å². The zero-order valence-corrected chi connectivity index (χ0v) is 15.4. The fourth-order valence-electron chi connectivity index (χ4n) is 3.92. The molecular formula is C18H22N6O3. The van der Waals surface area contributed by atoms with Gasteiger partial charge >= 0.3 is 5.97 Å². The minimum atomic E-state index is -1.01. The third-order valence-electron chi connectivity index (χ3n) is 5.35. The second-order valence-corrected chi connectivity index (χ2v) is 7.10. The first-order chi connectivity index (χ1) is 12.9. The van der Waals surface area contributed by atoms with Gasteiger partial charge in [-0.05, 0) is 31.2 Å². The summed E-state index contributed by atoms with van der Waals surface area (Å²) < 4.78 is 1.60. The number of carboxylic acids is 1. The van der Waals surface area contributed by atoms with Crippen LogP contribution in [-0.2, 0) is 24.7 Å². The van der Waals surface area contributed by atoms with Crippen molar-refractivity contribution in [2.75, 3.05) is 18.4 Å². The molecule has 2 aromatic rings. The first kappa shape index (κ1) is 17.4. The van der Waals surface area contributed by atoms with E-state index in [1.54, 1.807) is 18.7 Å². The summed E-state index contributed by atoms with van der Waals surface area (Å²) in [4.78, 5) is 33.9. The molecule has 0 bridgehead atoms. The number of amides is 1. The Morgan fingerprint density at radius 2 is 2.00 bits per heavy atom. The summed E-state index contributed by atoms with van der Waals surface area (Å²) in [5.74, 6) is -0.377. The number of rotatable bonds is 3. The van der Waals surface area contributed by atoms with E-state index in [1.807, 2.05) is 11.1 Å². The van der Waals surface area contributed by atoms with E-state index in [0.29, 0.717) is 18.8 Å². The molecule has 1 aliphatic heterocycles. The summed E-state index contributed by atoms with van der Waals surface area (Å²) in [5, 5.41) is 16.9. The number of hydrogen-bond donors (Lipinski definition) is 2.